The minimum Gasteiger partial charge on any atom is -0.384 e. The quantitative estimate of drug-likeness (QED) is 0.625. The highest BCUT2D eigenvalue weighted by atomic mass is 16.1. The standard InChI is InChI=1S/C10H13N3O.C5H7N3/c1-7(2)6-10(14)13-9-5-3-4-8(11)12-9;6-4-2-1-3-5(7)8-4/h3-6H,1-2H3,(H3,11,12,13,14);1-3H,(H4,6,7,8). The van der Waals surface area contributed by atoms with E-state index in [1.54, 1.807) is 36.4 Å². The molecule has 0 aromatic carbocycles. The topological polar surface area (TPSA) is 133 Å². The Bertz CT molecular complexity index is 647. The van der Waals surface area contributed by atoms with Gasteiger partial charge in [-0.15, -0.1) is 0 Å². The Kier molecular flexibility index (Phi) is 6.36. The van der Waals surface area contributed by atoms with Crippen molar-refractivity contribution in [2.24, 2.45) is 0 Å². The highest BCUT2D eigenvalue weighted by Gasteiger charge is 1.99. The van der Waals surface area contributed by atoms with Crippen molar-refractivity contribution < 1.29 is 4.79 Å². The van der Waals surface area contributed by atoms with Gasteiger partial charge >= 0.3 is 0 Å². The maximum atomic E-state index is 11.3. The van der Waals surface area contributed by atoms with E-state index < -0.39 is 0 Å². The van der Waals surface area contributed by atoms with Crippen LogP contribution in [0.25, 0.3) is 0 Å². The normalized spacial score (nSPS) is 9.18. The third-order valence-corrected chi connectivity index (χ3v) is 2.23. The van der Waals surface area contributed by atoms with Gasteiger partial charge in [-0.2, -0.15) is 0 Å². The summed E-state index contributed by atoms with van der Waals surface area (Å²) >= 11 is 0. The fourth-order valence-corrected chi connectivity index (χ4v) is 1.41. The molecule has 0 aliphatic carbocycles. The van der Waals surface area contributed by atoms with Crippen LogP contribution in [0.5, 0.6) is 0 Å². The van der Waals surface area contributed by atoms with E-state index in [2.05, 4.69) is 15.3 Å². The maximum absolute atomic E-state index is 11.3. The fourth-order valence-electron chi connectivity index (χ4n) is 1.41. The van der Waals surface area contributed by atoms with E-state index >= 15 is 0 Å². The highest BCUT2D eigenvalue weighted by molar-refractivity contribution is 5.99. The number of hydrogen-bond donors (Lipinski definition) is 4. The van der Waals surface area contributed by atoms with Gasteiger partial charge in [0.15, 0.2) is 0 Å². The van der Waals surface area contributed by atoms with Crippen LogP contribution in [-0.4, -0.2) is 15.9 Å². The SMILES string of the molecule is CC(C)=CC(=O)Nc1cccc(N)n1.Nc1cccc(N)n1. The number of hydrogen-bond acceptors (Lipinski definition) is 6. The van der Waals surface area contributed by atoms with Gasteiger partial charge < -0.3 is 22.5 Å². The Balaban J connectivity index is 0.000000255. The fraction of sp³-hybridized carbons (Fsp3) is 0.133. The number of nitrogens with zero attached hydrogens (tertiary/aromatic N) is 2. The molecule has 0 saturated carbocycles. The summed E-state index contributed by atoms with van der Waals surface area (Å²) in [7, 11) is 0. The van der Waals surface area contributed by atoms with Crippen LogP contribution in [-0.2, 0) is 4.79 Å². The molecule has 0 atom stereocenters. The second-order valence-corrected chi connectivity index (χ2v) is 4.65. The summed E-state index contributed by atoms with van der Waals surface area (Å²) in [5.41, 5.74) is 16.9. The van der Waals surface area contributed by atoms with Crippen LogP contribution in [0.1, 0.15) is 13.8 Å². The lowest BCUT2D eigenvalue weighted by molar-refractivity contribution is -0.112. The van der Waals surface area contributed by atoms with E-state index in [0.717, 1.165) is 5.57 Å². The van der Waals surface area contributed by atoms with E-state index in [-0.39, 0.29) is 5.91 Å². The molecule has 0 aliphatic heterocycles. The first-order valence-corrected chi connectivity index (χ1v) is 6.53. The van der Waals surface area contributed by atoms with Crippen molar-refractivity contribution in [2.45, 2.75) is 13.8 Å². The molecule has 0 fully saturated rings. The molecule has 0 aliphatic rings. The van der Waals surface area contributed by atoms with Crippen molar-refractivity contribution >= 4 is 29.2 Å². The number of carbonyl (C=O) groups is 1. The van der Waals surface area contributed by atoms with Gasteiger partial charge in [0.25, 0.3) is 0 Å². The smallest absolute Gasteiger partial charge is 0.249 e. The summed E-state index contributed by atoms with van der Waals surface area (Å²) in [6.45, 7) is 3.71. The maximum Gasteiger partial charge on any atom is 0.249 e. The largest absolute Gasteiger partial charge is 0.384 e. The molecule has 0 radical (unpaired) electrons. The number of allylic oxidation sites excluding steroid dienone is 1. The third kappa shape index (κ3) is 6.90. The van der Waals surface area contributed by atoms with Gasteiger partial charge in [-0.25, -0.2) is 9.97 Å². The molecular weight excluding hydrogens is 280 g/mol. The van der Waals surface area contributed by atoms with Gasteiger partial charge in [-0.05, 0) is 38.1 Å². The van der Waals surface area contributed by atoms with E-state index in [1.807, 2.05) is 13.8 Å². The molecule has 0 saturated heterocycles. The lowest BCUT2D eigenvalue weighted by Crippen LogP contribution is -2.10. The lowest BCUT2D eigenvalue weighted by Gasteiger charge is -2.01. The molecule has 7 nitrogen and oxygen atoms in total. The molecule has 0 bridgehead atoms. The predicted octanol–water partition coefficient (Wildman–Crippen LogP) is 1.81. The van der Waals surface area contributed by atoms with Crippen LogP contribution >= 0.6 is 0 Å². The van der Waals surface area contributed by atoms with Crippen molar-refractivity contribution in [3.63, 3.8) is 0 Å². The van der Waals surface area contributed by atoms with Crippen LogP contribution in [0.4, 0.5) is 23.3 Å². The summed E-state index contributed by atoms with van der Waals surface area (Å²) in [5.74, 6) is 1.59. The number of anilines is 4. The molecule has 7 N–H and O–H groups in total. The zero-order valence-corrected chi connectivity index (χ0v) is 12.6. The molecule has 7 heteroatoms. The summed E-state index contributed by atoms with van der Waals surface area (Å²) < 4.78 is 0. The molecule has 0 unspecified atom stereocenters. The van der Waals surface area contributed by atoms with Gasteiger partial charge in [-0.3, -0.25) is 4.79 Å². The molecule has 22 heavy (non-hydrogen) atoms. The Morgan fingerprint density at radius 3 is 1.86 bits per heavy atom. The third-order valence-electron chi connectivity index (χ3n) is 2.23. The minimum atomic E-state index is -0.192. The Hall–Kier alpha value is -3.09. The highest BCUT2D eigenvalue weighted by Crippen LogP contribution is 2.05. The van der Waals surface area contributed by atoms with Crippen LogP contribution in [0.2, 0.25) is 0 Å². The zero-order chi connectivity index (χ0) is 16.5. The average molecular weight is 300 g/mol. The van der Waals surface area contributed by atoms with Crippen molar-refractivity contribution in [3.8, 4) is 0 Å². The zero-order valence-electron chi connectivity index (χ0n) is 12.6. The molecular formula is C15H20N6O. The molecule has 2 aromatic heterocycles. The van der Waals surface area contributed by atoms with Crippen molar-refractivity contribution in [1.29, 1.82) is 0 Å². The molecule has 1 amide bonds. The first kappa shape index (κ1) is 17.0. The van der Waals surface area contributed by atoms with Crippen molar-refractivity contribution in [1.82, 2.24) is 9.97 Å². The number of nitrogens with two attached hydrogens (primary N) is 3. The predicted molar refractivity (Wildman–Crippen MR) is 89.8 cm³/mol. The van der Waals surface area contributed by atoms with Gasteiger partial charge in [0.05, 0.1) is 0 Å². The Morgan fingerprint density at radius 2 is 1.45 bits per heavy atom. The lowest BCUT2D eigenvalue weighted by atomic mass is 10.3. The second-order valence-electron chi connectivity index (χ2n) is 4.65. The Morgan fingerprint density at radius 1 is 0.955 bits per heavy atom. The van der Waals surface area contributed by atoms with Gasteiger partial charge in [0.1, 0.15) is 23.3 Å². The summed E-state index contributed by atoms with van der Waals surface area (Å²) in [4.78, 5) is 18.9. The summed E-state index contributed by atoms with van der Waals surface area (Å²) in [5, 5.41) is 2.61. The second kappa shape index (κ2) is 8.25. The molecule has 0 spiro atoms. The van der Waals surface area contributed by atoms with Crippen molar-refractivity contribution in [2.75, 3.05) is 22.5 Å². The van der Waals surface area contributed by atoms with Crippen molar-refractivity contribution in [3.05, 3.63) is 48.0 Å². The van der Waals surface area contributed by atoms with Crippen LogP contribution < -0.4 is 22.5 Å². The molecule has 2 aromatic rings. The van der Waals surface area contributed by atoms with Crippen LogP contribution in [0, 0.1) is 0 Å². The van der Waals surface area contributed by atoms with E-state index in [0.29, 0.717) is 23.3 Å². The van der Waals surface area contributed by atoms with Gasteiger partial charge in [-0.1, -0.05) is 17.7 Å². The average Bonchev–Trinajstić information content (AvgIpc) is 2.37. The van der Waals surface area contributed by atoms with E-state index in [1.165, 1.54) is 6.08 Å². The van der Waals surface area contributed by atoms with E-state index in [9.17, 15) is 4.79 Å². The number of carbonyl (C=O) groups excluding carboxylic acids is 1. The number of aromatic nitrogens is 2. The molecule has 2 heterocycles. The number of nitrogen functional groups attached to an aromatic ring is 3. The van der Waals surface area contributed by atoms with Gasteiger partial charge in [0, 0.05) is 6.08 Å². The monoisotopic (exact) mass is 300 g/mol. The molecule has 116 valence electrons. The minimum absolute atomic E-state index is 0.192. The van der Waals surface area contributed by atoms with Crippen LogP contribution in [0.3, 0.4) is 0 Å². The summed E-state index contributed by atoms with van der Waals surface area (Å²) in [6.07, 6.45) is 1.50. The number of amides is 1. The number of pyridine rings is 2. The van der Waals surface area contributed by atoms with Gasteiger partial charge in [0.2, 0.25) is 5.91 Å². The first-order valence-electron chi connectivity index (χ1n) is 6.53. The number of nitrogens with one attached hydrogen (secondary N) is 1. The number of rotatable bonds is 2. The Labute approximate surface area is 129 Å². The van der Waals surface area contributed by atoms with E-state index in [4.69, 9.17) is 17.2 Å². The van der Waals surface area contributed by atoms with Crippen LogP contribution in [0.15, 0.2) is 48.0 Å². The summed E-state index contributed by atoms with van der Waals surface area (Å²) in [6, 6.07) is 10.2. The molecule has 2 rings (SSSR count). The first-order chi connectivity index (χ1) is 10.4.